The molecule has 1 amide bonds. The summed E-state index contributed by atoms with van der Waals surface area (Å²) in [5, 5.41) is 10.7. The molecule has 2 rings (SSSR count). The van der Waals surface area contributed by atoms with Crippen molar-refractivity contribution in [3.8, 4) is 0 Å². The van der Waals surface area contributed by atoms with Gasteiger partial charge in [0, 0.05) is 27.9 Å². The molecule has 21 heavy (non-hydrogen) atoms. The number of nitrogens with zero attached hydrogens (tertiary/aromatic N) is 1. The fourth-order valence-corrected chi connectivity index (χ4v) is 2.03. The molecule has 0 aliphatic rings. The molecule has 110 valence electrons. The Hall–Kier alpha value is -1.78. The Morgan fingerprint density at radius 1 is 1.33 bits per heavy atom. The maximum Gasteiger partial charge on any atom is 0.249 e. The lowest BCUT2D eigenvalue weighted by molar-refractivity contribution is -0.111. The van der Waals surface area contributed by atoms with Crippen LogP contribution in [0.5, 0.6) is 0 Å². The monoisotopic (exact) mass is 323 g/mol. The zero-order valence-corrected chi connectivity index (χ0v) is 13.2. The van der Waals surface area contributed by atoms with Gasteiger partial charge in [-0.3, -0.25) is 9.89 Å². The lowest BCUT2D eigenvalue weighted by Crippen LogP contribution is -2.07. The van der Waals surface area contributed by atoms with E-state index < -0.39 is 0 Å². The third-order valence-corrected chi connectivity index (χ3v) is 3.42. The third kappa shape index (κ3) is 4.34. The minimum Gasteiger partial charge on any atom is -0.306 e. The van der Waals surface area contributed by atoms with E-state index in [4.69, 9.17) is 23.2 Å². The Morgan fingerprint density at radius 3 is 2.76 bits per heavy atom. The lowest BCUT2D eigenvalue weighted by atomic mass is 10.1. The van der Waals surface area contributed by atoms with Crippen LogP contribution < -0.4 is 5.32 Å². The molecular weight excluding hydrogens is 309 g/mol. The summed E-state index contributed by atoms with van der Waals surface area (Å²) in [5.74, 6) is 0.530. The summed E-state index contributed by atoms with van der Waals surface area (Å²) in [5.41, 5.74) is 1.65. The molecule has 0 fully saturated rings. The van der Waals surface area contributed by atoms with E-state index in [2.05, 4.69) is 15.5 Å². The fourth-order valence-electron chi connectivity index (χ4n) is 1.67. The van der Waals surface area contributed by atoms with E-state index in [1.807, 2.05) is 19.9 Å². The smallest absolute Gasteiger partial charge is 0.249 e. The summed E-state index contributed by atoms with van der Waals surface area (Å²) in [6.45, 7) is 4.08. The first-order chi connectivity index (χ1) is 9.95. The van der Waals surface area contributed by atoms with Gasteiger partial charge in [-0.1, -0.05) is 37.0 Å². The number of hydrogen-bond acceptors (Lipinski definition) is 2. The van der Waals surface area contributed by atoms with Crippen molar-refractivity contribution in [2.24, 2.45) is 0 Å². The van der Waals surface area contributed by atoms with E-state index in [0.717, 1.165) is 5.69 Å². The SMILES string of the molecule is CC(C)c1cc(NC(=O)/C=C/c2cc(Cl)ccc2Cl)n[nH]1. The topological polar surface area (TPSA) is 57.8 Å². The van der Waals surface area contributed by atoms with E-state index in [0.29, 0.717) is 27.3 Å². The predicted molar refractivity (Wildman–Crippen MR) is 86.8 cm³/mol. The van der Waals surface area contributed by atoms with Crippen LogP contribution in [0.4, 0.5) is 5.82 Å². The Morgan fingerprint density at radius 2 is 2.10 bits per heavy atom. The molecule has 1 heterocycles. The molecule has 0 aliphatic carbocycles. The van der Waals surface area contributed by atoms with Crippen LogP contribution in [0.3, 0.4) is 0 Å². The van der Waals surface area contributed by atoms with Crippen LogP contribution in [0.2, 0.25) is 10.0 Å². The molecule has 0 spiro atoms. The number of amides is 1. The van der Waals surface area contributed by atoms with E-state index in [1.165, 1.54) is 6.08 Å². The number of hydrogen-bond donors (Lipinski definition) is 2. The second-order valence-electron chi connectivity index (χ2n) is 4.85. The Bertz CT molecular complexity index is 677. The molecule has 0 radical (unpaired) electrons. The van der Waals surface area contributed by atoms with Gasteiger partial charge in [0.25, 0.3) is 0 Å². The van der Waals surface area contributed by atoms with E-state index in [-0.39, 0.29) is 5.91 Å². The molecule has 6 heteroatoms. The molecule has 1 aromatic carbocycles. The van der Waals surface area contributed by atoms with Crippen LogP contribution in [0.25, 0.3) is 6.08 Å². The first-order valence-corrected chi connectivity index (χ1v) is 7.20. The Kier molecular flexibility index (Phi) is 5.04. The minimum atomic E-state index is -0.284. The number of halogens is 2. The number of anilines is 1. The number of benzene rings is 1. The number of carbonyl (C=O) groups excluding carboxylic acids is 1. The van der Waals surface area contributed by atoms with Crippen LogP contribution in [0.1, 0.15) is 31.0 Å². The van der Waals surface area contributed by atoms with Gasteiger partial charge < -0.3 is 5.32 Å². The molecule has 4 nitrogen and oxygen atoms in total. The van der Waals surface area contributed by atoms with Crippen molar-refractivity contribution >= 4 is 41.0 Å². The van der Waals surface area contributed by atoms with Crippen molar-refractivity contribution in [2.75, 3.05) is 5.32 Å². The molecule has 1 aromatic heterocycles. The Balaban J connectivity index is 2.03. The number of nitrogens with one attached hydrogen (secondary N) is 2. The standard InChI is InChI=1S/C15H15Cl2N3O/c1-9(2)13-8-14(20-19-13)18-15(21)6-3-10-7-11(16)4-5-12(10)17/h3-9H,1-2H3,(H2,18,19,20,21)/b6-3+. The highest BCUT2D eigenvalue weighted by Crippen LogP contribution is 2.21. The number of aromatic amines is 1. The van der Waals surface area contributed by atoms with Crippen molar-refractivity contribution in [3.63, 3.8) is 0 Å². The highest BCUT2D eigenvalue weighted by atomic mass is 35.5. The second-order valence-corrected chi connectivity index (χ2v) is 5.70. The summed E-state index contributed by atoms with van der Waals surface area (Å²) in [7, 11) is 0. The van der Waals surface area contributed by atoms with E-state index >= 15 is 0 Å². The average Bonchev–Trinajstić information content (AvgIpc) is 2.88. The first-order valence-electron chi connectivity index (χ1n) is 6.45. The summed E-state index contributed by atoms with van der Waals surface area (Å²) in [6, 6.07) is 6.88. The first kappa shape index (κ1) is 15.6. The molecule has 0 saturated heterocycles. The van der Waals surface area contributed by atoms with Crippen molar-refractivity contribution < 1.29 is 4.79 Å². The van der Waals surface area contributed by atoms with Gasteiger partial charge in [0.05, 0.1) is 0 Å². The van der Waals surface area contributed by atoms with Gasteiger partial charge in [-0.2, -0.15) is 5.10 Å². The summed E-state index contributed by atoms with van der Waals surface area (Å²) in [6.07, 6.45) is 3.00. The van der Waals surface area contributed by atoms with Crippen molar-refractivity contribution in [1.82, 2.24) is 10.2 Å². The molecule has 2 N–H and O–H groups in total. The van der Waals surface area contributed by atoms with Gasteiger partial charge in [0.2, 0.25) is 5.91 Å². The predicted octanol–water partition coefficient (Wildman–Crippen LogP) is 4.49. The van der Waals surface area contributed by atoms with Crippen molar-refractivity contribution in [1.29, 1.82) is 0 Å². The highest BCUT2D eigenvalue weighted by Gasteiger charge is 2.06. The number of rotatable bonds is 4. The minimum absolute atomic E-state index is 0.284. The molecule has 0 bridgehead atoms. The quantitative estimate of drug-likeness (QED) is 0.814. The molecule has 0 saturated carbocycles. The highest BCUT2D eigenvalue weighted by molar-refractivity contribution is 6.34. The summed E-state index contributed by atoms with van der Waals surface area (Å²) in [4.78, 5) is 11.8. The largest absolute Gasteiger partial charge is 0.306 e. The maximum atomic E-state index is 11.8. The molecule has 2 aromatic rings. The number of aromatic nitrogens is 2. The molecule has 0 aliphatic heterocycles. The van der Waals surface area contributed by atoms with Gasteiger partial charge in [0.15, 0.2) is 5.82 Å². The van der Waals surface area contributed by atoms with Crippen LogP contribution >= 0.6 is 23.2 Å². The van der Waals surface area contributed by atoms with Crippen LogP contribution in [0.15, 0.2) is 30.3 Å². The van der Waals surface area contributed by atoms with Gasteiger partial charge in [-0.25, -0.2) is 0 Å². The third-order valence-electron chi connectivity index (χ3n) is 2.84. The fraction of sp³-hybridized carbons (Fsp3) is 0.200. The molecule has 0 atom stereocenters. The average molecular weight is 324 g/mol. The maximum absolute atomic E-state index is 11.8. The normalized spacial score (nSPS) is 11.3. The van der Waals surface area contributed by atoms with Crippen LogP contribution in [0, 0.1) is 0 Å². The summed E-state index contributed by atoms with van der Waals surface area (Å²) >= 11 is 11.9. The molecular formula is C15H15Cl2N3O. The van der Waals surface area contributed by atoms with Gasteiger partial charge >= 0.3 is 0 Å². The van der Waals surface area contributed by atoms with E-state index in [1.54, 1.807) is 24.3 Å². The van der Waals surface area contributed by atoms with Gasteiger partial charge in [-0.15, -0.1) is 0 Å². The lowest BCUT2D eigenvalue weighted by Gasteiger charge is -1.99. The zero-order valence-electron chi connectivity index (χ0n) is 11.7. The van der Waals surface area contributed by atoms with Crippen molar-refractivity contribution in [2.45, 2.75) is 19.8 Å². The van der Waals surface area contributed by atoms with Crippen molar-refractivity contribution in [3.05, 3.63) is 51.6 Å². The zero-order chi connectivity index (χ0) is 15.4. The Labute approximate surface area is 133 Å². The number of carbonyl (C=O) groups is 1. The second kappa shape index (κ2) is 6.78. The molecule has 0 unspecified atom stereocenters. The van der Waals surface area contributed by atoms with E-state index in [9.17, 15) is 4.79 Å². The number of H-pyrrole nitrogens is 1. The van der Waals surface area contributed by atoms with Gasteiger partial charge in [0.1, 0.15) is 0 Å². The van der Waals surface area contributed by atoms with Crippen LogP contribution in [-0.4, -0.2) is 16.1 Å². The van der Waals surface area contributed by atoms with Crippen LogP contribution in [-0.2, 0) is 4.79 Å². The van der Waals surface area contributed by atoms with Gasteiger partial charge in [-0.05, 0) is 35.8 Å². The summed E-state index contributed by atoms with van der Waals surface area (Å²) < 4.78 is 0.